The number of nitrogens with zero attached hydrogens (tertiary/aromatic N) is 2. The highest BCUT2D eigenvalue weighted by Crippen LogP contribution is 2.23. The number of benzene rings is 1. The summed E-state index contributed by atoms with van der Waals surface area (Å²) in [5.41, 5.74) is 3.58. The first-order chi connectivity index (χ1) is 9.65. The molecule has 1 aromatic carbocycles. The summed E-state index contributed by atoms with van der Waals surface area (Å²) in [6, 6.07) is 6.92. The lowest BCUT2D eigenvalue weighted by Crippen LogP contribution is -2.40. The van der Waals surface area contributed by atoms with Gasteiger partial charge in [-0.25, -0.2) is 4.98 Å². The van der Waals surface area contributed by atoms with Crippen LogP contribution in [0.1, 0.15) is 31.3 Å². The van der Waals surface area contributed by atoms with Gasteiger partial charge in [0.15, 0.2) is 0 Å². The van der Waals surface area contributed by atoms with Crippen molar-refractivity contribution in [2.75, 3.05) is 19.7 Å². The summed E-state index contributed by atoms with van der Waals surface area (Å²) in [5, 5.41) is 3.38. The lowest BCUT2D eigenvalue weighted by molar-refractivity contribution is 0.0275. The largest absolute Gasteiger partial charge is 0.375 e. The van der Waals surface area contributed by atoms with E-state index in [4.69, 9.17) is 9.72 Å². The number of fused-ring (bicyclic) bond motifs is 1. The van der Waals surface area contributed by atoms with E-state index in [0.717, 1.165) is 37.5 Å². The Balaban J connectivity index is 1.97. The Morgan fingerprint density at radius 3 is 3.00 bits per heavy atom. The number of nitrogens with one attached hydrogen (secondary N) is 1. The Kier molecular flexibility index (Phi) is 3.76. The Bertz CT molecular complexity index is 597. The lowest BCUT2D eigenvalue weighted by Gasteiger charge is -2.24. The molecule has 1 N–H and O–H groups in total. The third-order valence-electron chi connectivity index (χ3n) is 3.85. The Morgan fingerprint density at radius 2 is 2.30 bits per heavy atom. The molecule has 0 amide bonds. The normalized spacial score (nSPS) is 19.9. The van der Waals surface area contributed by atoms with Crippen molar-refractivity contribution in [1.82, 2.24) is 14.9 Å². The maximum absolute atomic E-state index is 5.82. The van der Waals surface area contributed by atoms with E-state index >= 15 is 0 Å². The molecule has 20 heavy (non-hydrogen) atoms. The van der Waals surface area contributed by atoms with Crippen LogP contribution in [-0.4, -0.2) is 35.4 Å². The summed E-state index contributed by atoms with van der Waals surface area (Å²) < 4.78 is 8.16. The first-order valence-corrected chi connectivity index (χ1v) is 7.45. The topological polar surface area (TPSA) is 39.1 Å². The Labute approximate surface area is 120 Å². The van der Waals surface area contributed by atoms with Gasteiger partial charge in [-0.2, -0.15) is 0 Å². The average Bonchev–Trinajstić information content (AvgIpc) is 2.76. The Hall–Kier alpha value is -1.39. The van der Waals surface area contributed by atoms with Crippen molar-refractivity contribution in [2.45, 2.75) is 39.3 Å². The quantitative estimate of drug-likeness (QED) is 0.933. The fraction of sp³-hybridized carbons (Fsp3) is 0.562. The Morgan fingerprint density at radius 1 is 1.45 bits per heavy atom. The summed E-state index contributed by atoms with van der Waals surface area (Å²) in [7, 11) is 0. The molecule has 1 atom stereocenters. The molecule has 0 aliphatic carbocycles. The van der Waals surface area contributed by atoms with E-state index in [9.17, 15) is 0 Å². The number of hydrogen-bond donors (Lipinski definition) is 1. The van der Waals surface area contributed by atoms with Gasteiger partial charge in [0.25, 0.3) is 0 Å². The molecule has 3 rings (SSSR count). The fourth-order valence-electron chi connectivity index (χ4n) is 2.93. The van der Waals surface area contributed by atoms with Crippen LogP contribution in [0.25, 0.3) is 11.0 Å². The van der Waals surface area contributed by atoms with Crippen molar-refractivity contribution < 1.29 is 4.74 Å². The molecule has 1 unspecified atom stereocenters. The van der Waals surface area contributed by atoms with Crippen LogP contribution in [0, 0.1) is 6.92 Å². The lowest BCUT2D eigenvalue weighted by atomic mass is 10.2. The van der Waals surface area contributed by atoms with Gasteiger partial charge in [-0.05, 0) is 38.5 Å². The second kappa shape index (κ2) is 5.54. The highest BCUT2D eigenvalue weighted by atomic mass is 16.5. The van der Waals surface area contributed by atoms with Crippen LogP contribution in [0.3, 0.4) is 0 Å². The van der Waals surface area contributed by atoms with Crippen molar-refractivity contribution in [3.05, 3.63) is 29.6 Å². The number of rotatable bonds is 3. The first kappa shape index (κ1) is 13.6. The van der Waals surface area contributed by atoms with E-state index in [-0.39, 0.29) is 6.10 Å². The summed E-state index contributed by atoms with van der Waals surface area (Å²) in [6.07, 6.45) is 1.11. The third kappa shape index (κ3) is 2.58. The summed E-state index contributed by atoms with van der Waals surface area (Å²) in [5.74, 6) is 1.13. The van der Waals surface area contributed by atoms with E-state index in [1.165, 1.54) is 11.1 Å². The minimum atomic E-state index is 0.235. The highest BCUT2D eigenvalue weighted by molar-refractivity contribution is 5.77. The fourth-order valence-corrected chi connectivity index (χ4v) is 2.93. The van der Waals surface area contributed by atoms with Crippen LogP contribution in [0.4, 0.5) is 0 Å². The van der Waals surface area contributed by atoms with Gasteiger partial charge >= 0.3 is 0 Å². The number of aromatic nitrogens is 2. The molecule has 4 nitrogen and oxygen atoms in total. The molecule has 1 aliphatic rings. The maximum Gasteiger partial charge on any atom is 0.112 e. The molecular formula is C16H23N3O. The molecule has 1 aromatic heterocycles. The molecule has 2 aromatic rings. The van der Waals surface area contributed by atoms with Crippen LogP contribution in [-0.2, 0) is 11.2 Å². The standard InChI is InChI=1S/C16H23N3O/c1-11(2)19-15-5-4-12(3)8-14(15)18-16(19)9-13-10-17-6-7-20-13/h4-5,8,11,13,17H,6-7,9-10H2,1-3H3. The number of imidazole rings is 1. The van der Waals surface area contributed by atoms with Gasteiger partial charge in [-0.1, -0.05) is 6.07 Å². The molecule has 0 radical (unpaired) electrons. The van der Waals surface area contributed by atoms with Crippen molar-refractivity contribution in [1.29, 1.82) is 0 Å². The van der Waals surface area contributed by atoms with Gasteiger partial charge in [0.05, 0.1) is 23.7 Å². The van der Waals surface area contributed by atoms with E-state index < -0.39 is 0 Å². The maximum atomic E-state index is 5.82. The van der Waals surface area contributed by atoms with E-state index in [1.54, 1.807) is 0 Å². The van der Waals surface area contributed by atoms with Gasteiger partial charge in [0.2, 0.25) is 0 Å². The first-order valence-electron chi connectivity index (χ1n) is 7.45. The molecule has 1 fully saturated rings. The van der Waals surface area contributed by atoms with Crippen molar-refractivity contribution in [3.63, 3.8) is 0 Å². The van der Waals surface area contributed by atoms with Crippen LogP contribution >= 0.6 is 0 Å². The van der Waals surface area contributed by atoms with E-state index in [1.807, 2.05) is 0 Å². The molecule has 4 heteroatoms. The predicted molar refractivity (Wildman–Crippen MR) is 81.2 cm³/mol. The van der Waals surface area contributed by atoms with Gasteiger partial charge in [-0.3, -0.25) is 0 Å². The third-order valence-corrected chi connectivity index (χ3v) is 3.85. The van der Waals surface area contributed by atoms with E-state index in [0.29, 0.717) is 6.04 Å². The van der Waals surface area contributed by atoms with Gasteiger partial charge in [0.1, 0.15) is 5.82 Å². The number of ether oxygens (including phenoxy) is 1. The summed E-state index contributed by atoms with van der Waals surface area (Å²) in [6.45, 7) is 9.21. The molecule has 0 saturated carbocycles. The van der Waals surface area contributed by atoms with Gasteiger partial charge in [0, 0.05) is 25.6 Å². The van der Waals surface area contributed by atoms with Crippen molar-refractivity contribution >= 4 is 11.0 Å². The highest BCUT2D eigenvalue weighted by Gasteiger charge is 2.20. The molecule has 0 bridgehead atoms. The summed E-state index contributed by atoms with van der Waals surface area (Å²) >= 11 is 0. The molecule has 0 spiro atoms. The number of aryl methyl sites for hydroxylation is 1. The molecule has 108 valence electrons. The zero-order valence-electron chi connectivity index (χ0n) is 12.5. The van der Waals surface area contributed by atoms with E-state index in [2.05, 4.69) is 48.9 Å². The molecule has 1 aliphatic heterocycles. The van der Waals surface area contributed by atoms with Gasteiger partial charge in [-0.15, -0.1) is 0 Å². The van der Waals surface area contributed by atoms with Crippen LogP contribution in [0.5, 0.6) is 0 Å². The zero-order valence-corrected chi connectivity index (χ0v) is 12.5. The van der Waals surface area contributed by atoms with Gasteiger partial charge < -0.3 is 14.6 Å². The van der Waals surface area contributed by atoms with Crippen LogP contribution < -0.4 is 5.32 Å². The molecular weight excluding hydrogens is 250 g/mol. The van der Waals surface area contributed by atoms with Crippen LogP contribution in [0.15, 0.2) is 18.2 Å². The monoisotopic (exact) mass is 273 g/mol. The number of hydrogen-bond acceptors (Lipinski definition) is 3. The minimum absolute atomic E-state index is 0.235. The second-order valence-corrected chi connectivity index (χ2v) is 5.88. The average molecular weight is 273 g/mol. The van der Waals surface area contributed by atoms with Crippen LogP contribution in [0.2, 0.25) is 0 Å². The second-order valence-electron chi connectivity index (χ2n) is 5.88. The molecule has 1 saturated heterocycles. The zero-order chi connectivity index (χ0) is 14.1. The molecule has 2 heterocycles. The predicted octanol–water partition coefficient (Wildman–Crippen LogP) is 2.46. The minimum Gasteiger partial charge on any atom is -0.375 e. The number of morpholine rings is 1. The smallest absolute Gasteiger partial charge is 0.112 e. The summed E-state index contributed by atoms with van der Waals surface area (Å²) in [4.78, 5) is 4.84. The SMILES string of the molecule is Cc1ccc2c(c1)nc(CC1CNCCO1)n2C(C)C. The van der Waals surface area contributed by atoms with Crippen molar-refractivity contribution in [2.24, 2.45) is 0 Å². The van der Waals surface area contributed by atoms with Crippen molar-refractivity contribution in [3.8, 4) is 0 Å².